The maximum absolute atomic E-state index is 11.2. The summed E-state index contributed by atoms with van der Waals surface area (Å²) in [4.78, 5) is 20.7. The van der Waals surface area contributed by atoms with E-state index in [1.165, 1.54) is 13.3 Å². The Morgan fingerprint density at radius 3 is 2.71 bits per heavy atom. The van der Waals surface area contributed by atoms with E-state index in [2.05, 4.69) is 14.7 Å². The highest BCUT2D eigenvalue weighted by Gasteiger charge is 2.30. The molecule has 2 atom stereocenters. The second-order valence-corrected chi connectivity index (χ2v) is 3.77. The van der Waals surface area contributed by atoms with Gasteiger partial charge in [0.25, 0.3) is 0 Å². The lowest BCUT2D eigenvalue weighted by Gasteiger charge is -2.16. The van der Waals surface area contributed by atoms with Crippen LogP contribution in [0.2, 0.25) is 0 Å². The molecular formula is C10H13N3O4. The van der Waals surface area contributed by atoms with Gasteiger partial charge in [-0.1, -0.05) is 0 Å². The SMILES string of the molecule is COC(=O)c1nccc(N2CC(O)C(O)C2)n1. The summed E-state index contributed by atoms with van der Waals surface area (Å²) >= 11 is 0. The molecule has 2 heterocycles. The van der Waals surface area contributed by atoms with Gasteiger partial charge in [0, 0.05) is 19.3 Å². The van der Waals surface area contributed by atoms with E-state index in [4.69, 9.17) is 0 Å². The quantitative estimate of drug-likeness (QED) is 0.626. The fraction of sp³-hybridized carbons (Fsp3) is 0.500. The zero-order chi connectivity index (χ0) is 12.4. The standard InChI is InChI=1S/C10H13N3O4/c1-17-10(16)9-11-3-2-8(12-9)13-4-6(14)7(15)5-13/h2-3,6-7,14-15H,4-5H2,1H3. The number of anilines is 1. The molecule has 1 fully saturated rings. The molecule has 0 bridgehead atoms. The molecule has 2 rings (SSSR count). The van der Waals surface area contributed by atoms with Crippen molar-refractivity contribution in [3.63, 3.8) is 0 Å². The number of carbonyl (C=O) groups excluding carboxylic acids is 1. The maximum Gasteiger partial charge on any atom is 0.376 e. The van der Waals surface area contributed by atoms with Gasteiger partial charge in [-0.05, 0) is 6.07 Å². The lowest BCUT2D eigenvalue weighted by molar-refractivity contribution is 0.0572. The predicted molar refractivity (Wildman–Crippen MR) is 57.6 cm³/mol. The second-order valence-electron chi connectivity index (χ2n) is 3.77. The molecule has 2 unspecified atom stereocenters. The van der Waals surface area contributed by atoms with E-state index >= 15 is 0 Å². The van der Waals surface area contributed by atoms with Crippen LogP contribution in [0.3, 0.4) is 0 Å². The van der Waals surface area contributed by atoms with Crippen molar-refractivity contribution in [3.8, 4) is 0 Å². The Morgan fingerprint density at radius 2 is 2.12 bits per heavy atom. The van der Waals surface area contributed by atoms with Gasteiger partial charge in [0.1, 0.15) is 5.82 Å². The molecule has 7 heteroatoms. The molecule has 2 N–H and O–H groups in total. The number of carbonyl (C=O) groups is 1. The number of hydrogen-bond acceptors (Lipinski definition) is 7. The molecule has 0 amide bonds. The Hall–Kier alpha value is -1.73. The third kappa shape index (κ3) is 2.34. The largest absolute Gasteiger partial charge is 0.463 e. The van der Waals surface area contributed by atoms with Crippen molar-refractivity contribution in [2.45, 2.75) is 12.2 Å². The minimum absolute atomic E-state index is 0.0409. The molecule has 1 aliphatic rings. The number of ether oxygens (including phenoxy) is 1. The van der Waals surface area contributed by atoms with Crippen molar-refractivity contribution < 1.29 is 19.7 Å². The summed E-state index contributed by atoms with van der Waals surface area (Å²) in [6.07, 6.45) is -0.163. The van der Waals surface area contributed by atoms with E-state index in [0.29, 0.717) is 5.82 Å². The molecule has 0 radical (unpaired) electrons. The Labute approximate surface area is 97.7 Å². The number of aliphatic hydroxyl groups excluding tert-OH is 2. The fourth-order valence-corrected chi connectivity index (χ4v) is 1.67. The van der Waals surface area contributed by atoms with E-state index < -0.39 is 18.2 Å². The van der Waals surface area contributed by atoms with Gasteiger partial charge in [0.05, 0.1) is 19.3 Å². The molecule has 0 aliphatic carbocycles. The first-order chi connectivity index (χ1) is 8.11. The van der Waals surface area contributed by atoms with Crippen molar-refractivity contribution in [1.29, 1.82) is 0 Å². The van der Waals surface area contributed by atoms with Gasteiger partial charge >= 0.3 is 5.97 Å². The van der Waals surface area contributed by atoms with Gasteiger partial charge in [0.2, 0.25) is 5.82 Å². The van der Waals surface area contributed by atoms with Crippen LogP contribution in [0.1, 0.15) is 10.6 Å². The number of methoxy groups -OCH3 is 1. The van der Waals surface area contributed by atoms with Gasteiger partial charge in [0.15, 0.2) is 0 Å². The number of aliphatic hydroxyl groups is 2. The third-order valence-electron chi connectivity index (χ3n) is 2.59. The Bertz CT molecular complexity index is 416. The van der Waals surface area contributed by atoms with Crippen LogP contribution in [-0.2, 0) is 4.74 Å². The molecule has 17 heavy (non-hydrogen) atoms. The molecule has 92 valence electrons. The highest BCUT2D eigenvalue weighted by molar-refractivity contribution is 5.85. The van der Waals surface area contributed by atoms with E-state index in [9.17, 15) is 15.0 Å². The molecule has 0 saturated carbocycles. The van der Waals surface area contributed by atoms with E-state index in [1.807, 2.05) is 0 Å². The number of esters is 1. The van der Waals surface area contributed by atoms with Crippen molar-refractivity contribution in [1.82, 2.24) is 9.97 Å². The molecule has 0 aromatic carbocycles. The summed E-state index contributed by atoms with van der Waals surface area (Å²) in [5, 5.41) is 18.9. The van der Waals surface area contributed by atoms with Crippen LogP contribution in [-0.4, -0.2) is 58.6 Å². The Kier molecular flexibility index (Phi) is 3.21. The molecule has 1 aromatic heterocycles. The Morgan fingerprint density at radius 1 is 1.47 bits per heavy atom. The van der Waals surface area contributed by atoms with Crippen molar-refractivity contribution in [2.75, 3.05) is 25.1 Å². The number of nitrogens with zero attached hydrogens (tertiary/aromatic N) is 3. The summed E-state index contributed by atoms with van der Waals surface area (Å²) in [5.41, 5.74) is 0. The van der Waals surface area contributed by atoms with Gasteiger partial charge in [-0.2, -0.15) is 0 Å². The Balaban J connectivity index is 2.19. The van der Waals surface area contributed by atoms with Gasteiger partial charge < -0.3 is 19.8 Å². The monoisotopic (exact) mass is 239 g/mol. The number of aromatic nitrogens is 2. The van der Waals surface area contributed by atoms with Crippen LogP contribution in [0.4, 0.5) is 5.82 Å². The maximum atomic E-state index is 11.2. The number of hydrogen-bond donors (Lipinski definition) is 2. The van der Waals surface area contributed by atoms with Crippen LogP contribution < -0.4 is 4.90 Å². The zero-order valence-electron chi connectivity index (χ0n) is 9.28. The molecule has 7 nitrogen and oxygen atoms in total. The van der Waals surface area contributed by atoms with Crippen molar-refractivity contribution in [3.05, 3.63) is 18.1 Å². The van der Waals surface area contributed by atoms with E-state index in [-0.39, 0.29) is 18.9 Å². The number of β-amino-alcohol motifs (C(OH)–C–C–N with tert-alkyl or cyclic N) is 2. The topological polar surface area (TPSA) is 95.8 Å². The highest BCUT2D eigenvalue weighted by Crippen LogP contribution is 2.18. The second kappa shape index (κ2) is 4.64. The van der Waals surface area contributed by atoms with E-state index in [1.54, 1.807) is 11.0 Å². The zero-order valence-corrected chi connectivity index (χ0v) is 9.28. The van der Waals surface area contributed by atoms with Gasteiger partial charge in [-0.3, -0.25) is 0 Å². The first-order valence-electron chi connectivity index (χ1n) is 5.14. The highest BCUT2D eigenvalue weighted by atomic mass is 16.5. The molecule has 1 aromatic rings. The van der Waals surface area contributed by atoms with Gasteiger partial charge in [-0.15, -0.1) is 0 Å². The molecular weight excluding hydrogens is 226 g/mol. The lowest BCUT2D eigenvalue weighted by atomic mass is 10.3. The first kappa shape index (κ1) is 11.7. The van der Waals surface area contributed by atoms with Crippen LogP contribution in [0.25, 0.3) is 0 Å². The van der Waals surface area contributed by atoms with Crippen molar-refractivity contribution in [2.24, 2.45) is 0 Å². The summed E-state index contributed by atoms with van der Waals surface area (Å²) in [7, 11) is 1.25. The summed E-state index contributed by atoms with van der Waals surface area (Å²) in [6, 6.07) is 1.61. The van der Waals surface area contributed by atoms with Crippen LogP contribution in [0.15, 0.2) is 12.3 Å². The first-order valence-corrected chi connectivity index (χ1v) is 5.14. The summed E-state index contributed by atoms with van der Waals surface area (Å²) in [6.45, 7) is 0.553. The summed E-state index contributed by atoms with van der Waals surface area (Å²) in [5.74, 6) is -0.177. The van der Waals surface area contributed by atoms with Crippen LogP contribution in [0, 0.1) is 0 Å². The average molecular weight is 239 g/mol. The summed E-state index contributed by atoms with van der Waals surface area (Å²) < 4.78 is 4.51. The third-order valence-corrected chi connectivity index (χ3v) is 2.59. The van der Waals surface area contributed by atoms with Crippen molar-refractivity contribution >= 4 is 11.8 Å². The smallest absolute Gasteiger partial charge is 0.376 e. The average Bonchev–Trinajstić information content (AvgIpc) is 2.69. The van der Waals surface area contributed by atoms with Crippen LogP contribution in [0.5, 0.6) is 0 Å². The predicted octanol–water partition coefficient (Wildman–Crippen LogP) is -1.20. The normalized spacial score (nSPS) is 23.8. The molecule has 0 spiro atoms. The molecule has 1 aliphatic heterocycles. The number of rotatable bonds is 2. The minimum Gasteiger partial charge on any atom is -0.463 e. The minimum atomic E-state index is -0.799. The lowest BCUT2D eigenvalue weighted by Crippen LogP contribution is -2.23. The van der Waals surface area contributed by atoms with Gasteiger partial charge in [-0.25, -0.2) is 14.8 Å². The van der Waals surface area contributed by atoms with E-state index in [0.717, 1.165) is 0 Å². The molecule has 1 saturated heterocycles. The van der Waals surface area contributed by atoms with Crippen LogP contribution >= 0.6 is 0 Å². The fourth-order valence-electron chi connectivity index (χ4n) is 1.67.